The van der Waals surface area contributed by atoms with Gasteiger partial charge in [-0.05, 0) is 34.2 Å². The van der Waals surface area contributed by atoms with Crippen molar-refractivity contribution in [1.29, 1.82) is 0 Å². The van der Waals surface area contributed by atoms with Crippen LogP contribution in [0, 0.1) is 0 Å². The van der Waals surface area contributed by atoms with Crippen molar-refractivity contribution in [2.75, 3.05) is 0 Å². The molecule has 4 nitrogen and oxygen atoms in total. The molecule has 0 aliphatic heterocycles. The van der Waals surface area contributed by atoms with Crippen molar-refractivity contribution in [2.45, 2.75) is 19.8 Å². The van der Waals surface area contributed by atoms with Crippen LogP contribution in [0.15, 0.2) is 60.7 Å². The Bertz CT molecular complexity index is 636. The summed E-state index contributed by atoms with van der Waals surface area (Å²) in [5.74, 6) is 1.12. The molecule has 0 spiro atoms. The van der Waals surface area contributed by atoms with Gasteiger partial charge in [-0.25, -0.2) is 0 Å². The molecule has 0 fully saturated rings. The van der Waals surface area contributed by atoms with E-state index in [1.165, 1.54) is 0 Å². The van der Waals surface area contributed by atoms with Gasteiger partial charge in [0, 0.05) is 10.7 Å². The molecule has 0 bridgehead atoms. The summed E-state index contributed by atoms with van der Waals surface area (Å²) in [5, 5.41) is 9.25. The fourth-order valence-electron chi connectivity index (χ4n) is 1.99. The molecule has 0 aliphatic carbocycles. The van der Waals surface area contributed by atoms with Crippen LogP contribution >= 0.6 is 0 Å². The van der Waals surface area contributed by atoms with Gasteiger partial charge in [-0.1, -0.05) is 50.2 Å². The van der Waals surface area contributed by atoms with E-state index in [9.17, 15) is 0 Å². The Hall–Kier alpha value is -2.01. The fourth-order valence-corrected chi connectivity index (χ4v) is 1.99. The van der Waals surface area contributed by atoms with E-state index < -0.39 is 0 Å². The Morgan fingerprint density at radius 2 is 1.48 bits per heavy atom. The average molecular weight is 345 g/mol. The van der Waals surface area contributed by atoms with Crippen LogP contribution in [0.3, 0.4) is 0 Å². The quantitative estimate of drug-likeness (QED) is 0.610. The van der Waals surface area contributed by atoms with E-state index in [1.807, 2.05) is 70.3 Å². The van der Waals surface area contributed by atoms with Crippen molar-refractivity contribution in [3.8, 4) is 11.4 Å². The van der Waals surface area contributed by atoms with Crippen LogP contribution in [-0.4, -0.2) is 15.0 Å². The van der Waals surface area contributed by atoms with Crippen LogP contribution < -0.4 is 21.8 Å². The number of hydrogen-bond acceptors (Lipinski definition) is 2. The van der Waals surface area contributed by atoms with Crippen LogP contribution in [-0.2, 0) is 0 Å². The minimum atomic E-state index is 0. The molecule has 2 aromatic carbocycles. The lowest BCUT2D eigenvalue weighted by molar-refractivity contribution is -0.735. The predicted octanol–water partition coefficient (Wildman–Crippen LogP) is -0.329. The highest BCUT2D eigenvalue weighted by Gasteiger charge is 2.23. The first-order valence-corrected chi connectivity index (χ1v) is 6.76. The number of aromatic nitrogens is 4. The summed E-state index contributed by atoms with van der Waals surface area (Å²) in [6.07, 6.45) is 0. The first-order chi connectivity index (χ1) is 9.75. The Morgan fingerprint density at radius 1 is 0.905 bits per heavy atom. The number of halogens is 1. The molecular formula is C16H17BrN4. The SMILES string of the molecule is CC(C)c1nn(-c2ccccc2)[n+](-c2ccccc2)n1.[Br-]. The molecule has 0 unspecified atom stereocenters. The van der Waals surface area contributed by atoms with Gasteiger partial charge in [-0.3, -0.25) is 0 Å². The molecular weight excluding hydrogens is 328 g/mol. The van der Waals surface area contributed by atoms with Gasteiger partial charge in [0.05, 0.1) is 5.10 Å². The monoisotopic (exact) mass is 344 g/mol. The molecule has 1 heterocycles. The van der Waals surface area contributed by atoms with E-state index >= 15 is 0 Å². The van der Waals surface area contributed by atoms with Gasteiger partial charge in [0.1, 0.15) is 5.69 Å². The average Bonchev–Trinajstić information content (AvgIpc) is 2.94. The zero-order chi connectivity index (χ0) is 13.9. The molecule has 0 N–H and O–H groups in total. The lowest BCUT2D eigenvalue weighted by Gasteiger charge is -1.98. The number of tetrazole rings is 1. The van der Waals surface area contributed by atoms with Crippen molar-refractivity contribution in [2.24, 2.45) is 0 Å². The van der Waals surface area contributed by atoms with Gasteiger partial charge in [-0.15, -0.1) is 0 Å². The number of hydrogen-bond donors (Lipinski definition) is 0. The smallest absolute Gasteiger partial charge is 0.312 e. The summed E-state index contributed by atoms with van der Waals surface area (Å²) in [6.45, 7) is 4.19. The minimum Gasteiger partial charge on any atom is -1.00 e. The lowest BCUT2D eigenvalue weighted by Crippen LogP contribution is -3.00. The minimum absolute atomic E-state index is 0. The van der Waals surface area contributed by atoms with E-state index in [1.54, 1.807) is 0 Å². The molecule has 0 saturated heterocycles. The second-order valence-corrected chi connectivity index (χ2v) is 4.96. The van der Waals surface area contributed by atoms with Gasteiger partial charge in [-0.2, -0.15) is 0 Å². The van der Waals surface area contributed by atoms with Crippen molar-refractivity contribution in [3.63, 3.8) is 0 Å². The highest BCUT2D eigenvalue weighted by Crippen LogP contribution is 2.10. The van der Waals surface area contributed by atoms with Crippen LogP contribution in [0.2, 0.25) is 0 Å². The molecule has 3 aromatic rings. The van der Waals surface area contributed by atoms with Gasteiger partial charge >= 0.3 is 5.82 Å². The number of rotatable bonds is 3. The maximum absolute atomic E-state index is 4.62. The summed E-state index contributed by atoms with van der Waals surface area (Å²) in [5.41, 5.74) is 1.99. The Labute approximate surface area is 134 Å². The predicted molar refractivity (Wildman–Crippen MR) is 77.0 cm³/mol. The van der Waals surface area contributed by atoms with Gasteiger partial charge in [0.2, 0.25) is 0 Å². The maximum atomic E-state index is 4.62. The zero-order valence-electron chi connectivity index (χ0n) is 12.0. The Balaban J connectivity index is 0.00000161. The molecule has 0 amide bonds. The second-order valence-electron chi connectivity index (χ2n) is 4.96. The van der Waals surface area contributed by atoms with Crippen molar-refractivity contribution in [1.82, 2.24) is 15.0 Å². The van der Waals surface area contributed by atoms with Crippen LogP contribution in [0.4, 0.5) is 0 Å². The normalized spacial score (nSPS) is 10.4. The summed E-state index contributed by atoms with van der Waals surface area (Å²) < 4.78 is 0. The molecule has 21 heavy (non-hydrogen) atoms. The van der Waals surface area contributed by atoms with Crippen LogP contribution in [0.5, 0.6) is 0 Å². The summed E-state index contributed by atoms with van der Waals surface area (Å²) in [7, 11) is 0. The molecule has 0 radical (unpaired) electrons. The largest absolute Gasteiger partial charge is 1.00 e. The van der Waals surface area contributed by atoms with Crippen LogP contribution in [0.25, 0.3) is 11.4 Å². The topological polar surface area (TPSA) is 34.6 Å². The Kier molecular flexibility index (Phi) is 4.85. The number of para-hydroxylation sites is 2. The first-order valence-electron chi connectivity index (χ1n) is 6.76. The number of benzene rings is 2. The van der Waals surface area contributed by atoms with Gasteiger partial charge < -0.3 is 17.0 Å². The standard InChI is InChI=1S/C16H17N4.BrH/c1-13(2)16-17-19(14-9-5-3-6-10-14)20(18-16)15-11-7-4-8-12-15;/h3-13H,1-2H3;1H/q+1;/p-1. The Morgan fingerprint density at radius 3 is 2.05 bits per heavy atom. The molecule has 1 aromatic heterocycles. The van der Waals surface area contributed by atoms with Gasteiger partial charge in [0.25, 0.3) is 0 Å². The summed E-state index contributed by atoms with van der Waals surface area (Å²) in [4.78, 5) is 3.68. The summed E-state index contributed by atoms with van der Waals surface area (Å²) in [6, 6.07) is 20.1. The van der Waals surface area contributed by atoms with E-state index in [2.05, 4.69) is 24.0 Å². The first kappa shape index (κ1) is 15.4. The molecule has 3 rings (SSSR count). The summed E-state index contributed by atoms with van der Waals surface area (Å²) >= 11 is 0. The second kappa shape index (κ2) is 6.63. The van der Waals surface area contributed by atoms with E-state index in [0.717, 1.165) is 17.2 Å². The third-order valence-corrected chi connectivity index (χ3v) is 3.06. The third-order valence-electron chi connectivity index (χ3n) is 3.06. The van der Waals surface area contributed by atoms with E-state index in [4.69, 9.17) is 0 Å². The number of nitrogens with zero attached hydrogens (tertiary/aromatic N) is 4. The molecule has 0 atom stereocenters. The highest BCUT2D eigenvalue weighted by atomic mass is 79.9. The van der Waals surface area contributed by atoms with Crippen molar-refractivity contribution in [3.05, 3.63) is 66.5 Å². The zero-order valence-corrected chi connectivity index (χ0v) is 13.6. The van der Waals surface area contributed by atoms with Crippen LogP contribution in [0.1, 0.15) is 25.6 Å². The molecule has 0 aliphatic rings. The molecule has 0 saturated carbocycles. The van der Waals surface area contributed by atoms with Crippen molar-refractivity contribution < 1.29 is 21.8 Å². The van der Waals surface area contributed by atoms with Crippen molar-refractivity contribution >= 4 is 0 Å². The van der Waals surface area contributed by atoms with E-state index in [-0.39, 0.29) is 22.9 Å². The highest BCUT2D eigenvalue weighted by molar-refractivity contribution is 5.28. The molecule has 5 heteroatoms. The fraction of sp³-hybridized carbons (Fsp3) is 0.188. The lowest BCUT2D eigenvalue weighted by atomic mass is 10.2. The maximum Gasteiger partial charge on any atom is 0.312 e. The van der Waals surface area contributed by atoms with Gasteiger partial charge in [0.15, 0.2) is 5.69 Å². The molecule has 108 valence electrons. The third kappa shape index (κ3) is 3.19. The van der Waals surface area contributed by atoms with E-state index in [0.29, 0.717) is 0 Å².